The Morgan fingerprint density at radius 3 is 2.89 bits per heavy atom. The Morgan fingerprint density at radius 1 is 1.21 bits per heavy atom. The number of piperidine rings is 1. The molecule has 144 valence electrons. The number of anilines is 1. The molecule has 1 saturated heterocycles. The molecule has 1 unspecified atom stereocenters. The molecule has 7 heteroatoms. The van der Waals surface area contributed by atoms with E-state index in [1.54, 1.807) is 12.4 Å². The predicted octanol–water partition coefficient (Wildman–Crippen LogP) is 4.24. The van der Waals surface area contributed by atoms with E-state index in [0.29, 0.717) is 18.2 Å². The van der Waals surface area contributed by atoms with Gasteiger partial charge in [0.1, 0.15) is 5.82 Å². The van der Waals surface area contributed by atoms with E-state index in [4.69, 9.17) is 0 Å². The van der Waals surface area contributed by atoms with Crippen LogP contribution in [0, 0.1) is 13.8 Å². The lowest BCUT2D eigenvalue weighted by atomic mass is 10.0. The number of urea groups is 1. The molecule has 7 nitrogen and oxygen atoms in total. The summed E-state index contributed by atoms with van der Waals surface area (Å²) in [5, 5.41) is 10.4. The van der Waals surface area contributed by atoms with E-state index < -0.39 is 0 Å². The quantitative estimate of drug-likeness (QED) is 0.716. The Labute approximate surface area is 164 Å². The van der Waals surface area contributed by atoms with Gasteiger partial charge in [-0.15, -0.1) is 0 Å². The van der Waals surface area contributed by atoms with Crippen LogP contribution in [0.3, 0.4) is 0 Å². The Morgan fingerprint density at radius 2 is 2.11 bits per heavy atom. The Hall–Kier alpha value is -3.22. The van der Waals surface area contributed by atoms with E-state index in [1.165, 1.54) is 5.56 Å². The molecule has 0 radical (unpaired) electrons. The summed E-state index contributed by atoms with van der Waals surface area (Å²) in [5.41, 5.74) is 4.03. The molecule has 0 aliphatic carbocycles. The second-order valence-corrected chi connectivity index (χ2v) is 7.22. The van der Waals surface area contributed by atoms with Gasteiger partial charge in [0.25, 0.3) is 0 Å². The normalized spacial score (nSPS) is 16.8. The molecule has 3 heterocycles. The second-order valence-electron chi connectivity index (χ2n) is 7.22. The molecule has 1 aromatic carbocycles. The number of nitrogens with zero attached hydrogens (tertiary/aromatic N) is 4. The molecule has 0 saturated carbocycles. The Kier molecular flexibility index (Phi) is 5.06. The molecule has 2 amide bonds. The molecular weight excluding hydrogens is 352 g/mol. The SMILES string of the molecule is Cc1ccc(NC(=O)N2CCCCC2c2nc(-c3cccnc3)n[nH]2)cc1C. The first-order valence-corrected chi connectivity index (χ1v) is 9.59. The highest BCUT2D eigenvalue weighted by Crippen LogP contribution is 2.30. The molecule has 1 fully saturated rings. The van der Waals surface area contributed by atoms with Gasteiger partial charge in [-0.1, -0.05) is 6.07 Å². The number of likely N-dealkylation sites (tertiary alicyclic amines) is 1. The van der Waals surface area contributed by atoms with Crippen LogP contribution >= 0.6 is 0 Å². The van der Waals surface area contributed by atoms with Gasteiger partial charge in [-0.25, -0.2) is 9.78 Å². The Balaban J connectivity index is 1.53. The number of hydrogen-bond acceptors (Lipinski definition) is 4. The van der Waals surface area contributed by atoms with Crippen molar-refractivity contribution in [3.8, 4) is 11.4 Å². The Bertz CT molecular complexity index is 968. The first-order chi connectivity index (χ1) is 13.6. The summed E-state index contributed by atoms with van der Waals surface area (Å²) in [5.74, 6) is 1.32. The van der Waals surface area contributed by atoms with Crippen LogP contribution in [0.2, 0.25) is 0 Å². The summed E-state index contributed by atoms with van der Waals surface area (Å²) in [6.07, 6.45) is 6.36. The molecule has 1 atom stereocenters. The lowest BCUT2D eigenvalue weighted by molar-refractivity contribution is 0.159. The van der Waals surface area contributed by atoms with Gasteiger partial charge in [-0.2, -0.15) is 5.10 Å². The van der Waals surface area contributed by atoms with E-state index in [1.807, 2.05) is 42.2 Å². The highest BCUT2D eigenvalue weighted by molar-refractivity contribution is 5.89. The van der Waals surface area contributed by atoms with Crippen LogP contribution in [-0.2, 0) is 0 Å². The molecule has 28 heavy (non-hydrogen) atoms. The standard InChI is InChI=1S/C21H24N6O/c1-14-8-9-17(12-15(14)2)23-21(28)27-11-4-3-7-18(27)20-24-19(25-26-20)16-6-5-10-22-13-16/h5-6,8-10,12-13,18H,3-4,7,11H2,1-2H3,(H,23,28)(H,24,25,26). The van der Waals surface area contributed by atoms with Crippen molar-refractivity contribution in [2.45, 2.75) is 39.2 Å². The minimum atomic E-state index is -0.113. The van der Waals surface area contributed by atoms with Gasteiger partial charge in [0, 0.05) is 30.2 Å². The minimum Gasteiger partial charge on any atom is -0.314 e. The van der Waals surface area contributed by atoms with E-state index in [-0.39, 0.29) is 12.1 Å². The van der Waals surface area contributed by atoms with Gasteiger partial charge in [-0.05, 0) is 68.5 Å². The van der Waals surface area contributed by atoms with Crippen LogP contribution in [0.4, 0.5) is 10.5 Å². The zero-order valence-electron chi connectivity index (χ0n) is 16.1. The predicted molar refractivity (Wildman–Crippen MR) is 108 cm³/mol. The van der Waals surface area contributed by atoms with E-state index in [2.05, 4.69) is 32.4 Å². The van der Waals surface area contributed by atoms with Crippen LogP contribution in [0.15, 0.2) is 42.7 Å². The monoisotopic (exact) mass is 376 g/mol. The zero-order chi connectivity index (χ0) is 19.5. The third-order valence-corrected chi connectivity index (χ3v) is 5.26. The summed E-state index contributed by atoms with van der Waals surface area (Å²) >= 11 is 0. The fourth-order valence-corrected chi connectivity index (χ4v) is 3.52. The number of pyridine rings is 1. The molecule has 2 aromatic heterocycles. The molecule has 1 aliphatic heterocycles. The van der Waals surface area contributed by atoms with Crippen LogP contribution in [-0.4, -0.2) is 37.6 Å². The summed E-state index contributed by atoms with van der Waals surface area (Å²) < 4.78 is 0. The molecular formula is C21H24N6O. The molecule has 2 N–H and O–H groups in total. The number of amides is 2. The van der Waals surface area contributed by atoms with Gasteiger partial charge in [0.15, 0.2) is 5.82 Å². The molecule has 4 rings (SSSR count). The fourth-order valence-electron chi connectivity index (χ4n) is 3.52. The minimum absolute atomic E-state index is 0.104. The third-order valence-electron chi connectivity index (χ3n) is 5.26. The summed E-state index contributed by atoms with van der Waals surface area (Å²) in [7, 11) is 0. The van der Waals surface area contributed by atoms with Crippen molar-refractivity contribution >= 4 is 11.7 Å². The topological polar surface area (TPSA) is 86.8 Å². The summed E-state index contributed by atoms with van der Waals surface area (Å²) in [6.45, 7) is 4.80. The summed E-state index contributed by atoms with van der Waals surface area (Å²) in [4.78, 5) is 23.6. The van der Waals surface area contributed by atoms with Gasteiger partial charge in [0.05, 0.1) is 6.04 Å². The number of aromatic nitrogens is 4. The lowest BCUT2D eigenvalue weighted by Crippen LogP contribution is -2.41. The van der Waals surface area contributed by atoms with Crippen molar-refractivity contribution in [3.63, 3.8) is 0 Å². The molecule has 0 bridgehead atoms. The smallest absolute Gasteiger partial charge is 0.314 e. The average molecular weight is 376 g/mol. The van der Waals surface area contributed by atoms with Crippen molar-refractivity contribution in [1.29, 1.82) is 0 Å². The van der Waals surface area contributed by atoms with Crippen molar-refractivity contribution in [1.82, 2.24) is 25.1 Å². The van der Waals surface area contributed by atoms with Crippen LogP contribution in [0.25, 0.3) is 11.4 Å². The number of rotatable bonds is 3. The van der Waals surface area contributed by atoms with Crippen molar-refractivity contribution in [3.05, 3.63) is 59.7 Å². The van der Waals surface area contributed by atoms with Crippen molar-refractivity contribution in [2.24, 2.45) is 0 Å². The van der Waals surface area contributed by atoms with Crippen molar-refractivity contribution < 1.29 is 4.79 Å². The van der Waals surface area contributed by atoms with Gasteiger partial charge in [0.2, 0.25) is 0 Å². The van der Waals surface area contributed by atoms with Gasteiger partial charge < -0.3 is 10.2 Å². The highest BCUT2D eigenvalue weighted by Gasteiger charge is 2.30. The zero-order valence-corrected chi connectivity index (χ0v) is 16.1. The molecule has 1 aliphatic rings. The maximum Gasteiger partial charge on any atom is 0.322 e. The number of H-pyrrole nitrogens is 1. The van der Waals surface area contributed by atoms with Gasteiger partial charge in [-0.3, -0.25) is 10.1 Å². The number of nitrogens with one attached hydrogen (secondary N) is 2. The summed E-state index contributed by atoms with van der Waals surface area (Å²) in [6, 6.07) is 9.52. The largest absolute Gasteiger partial charge is 0.322 e. The van der Waals surface area contributed by atoms with Crippen LogP contribution in [0.5, 0.6) is 0 Å². The van der Waals surface area contributed by atoms with Gasteiger partial charge >= 0.3 is 6.03 Å². The number of aryl methyl sites for hydroxylation is 2. The maximum atomic E-state index is 13.0. The first-order valence-electron chi connectivity index (χ1n) is 9.59. The molecule has 0 spiro atoms. The first kappa shape index (κ1) is 18.2. The van der Waals surface area contributed by atoms with E-state index >= 15 is 0 Å². The number of carbonyl (C=O) groups excluding carboxylic acids is 1. The lowest BCUT2D eigenvalue weighted by Gasteiger charge is -2.34. The van der Waals surface area contributed by atoms with E-state index in [9.17, 15) is 4.79 Å². The fraction of sp³-hybridized carbons (Fsp3) is 0.333. The van der Waals surface area contributed by atoms with Crippen molar-refractivity contribution in [2.75, 3.05) is 11.9 Å². The highest BCUT2D eigenvalue weighted by atomic mass is 16.2. The molecule has 3 aromatic rings. The van der Waals surface area contributed by atoms with Crippen LogP contribution in [0.1, 0.15) is 42.3 Å². The second kappa shape index (κ2) is 7.80. The number of hydrogen-bond donors (Lipinski definition) is 2. The average Bonchev–Trinajstić information content (AvgIpc) is 3.21. The van der Waals surface area contributed by atoms with E-state index in [0.717, 1.165) is 36.1 Å². The number of carbonyl (C=O) groups is 1. The number of benzene rings is 1. The third kappa shape index (κ3) is 3.74. The maximum absolute atomic E-state index is 13.0. The number of aromatic amines is 1. The van der Waals surface area contributed by atoms with Crippen LogP contribution < -0.4 is 5.32 Å².